The van der Waals surface area contributed by atoms with Gasteiger partial charge in [0.15, 0.2) is 0 Å². The summed E-state index contributed by atoms with van der Waals surface area (Å²) >= 11 is 6.09. The Morgan fingerprint density at radius 3 is 2.74 bits per heavy atom. The summed E-state index contributed by atoms with van der Waals surface area (Å²) in [5, 5.41) is 0.592. The molecule has 1 amide bonds. The average Bonchev–Trinajstić information content (AvgIpc) is 2.67. The number of amides is 1. The summed E-state index contributed by atoms with van der Waals surface area (Å²) in [6.07, 6.45) is 10.1. The molecule has 0 saturated heterocycles. The lowest BCUT2D eigenvalue weighted by atomic mass is 10.1. The Morgan fingerprint density at radius 1 is 1.22 bits per heavy atom. The molecule has 1 aliphatic rings. The molecule has 1 atom stereocenters. The molecule has 5 nitrogen and oxygen atoms in total. The van der Waals surface area contributed by atoms with Gasteiger partial charge in [-0.2, -0.15) is 0 Å². The van der Waals surface area contributed by atoms with Crippen LogP contribution >= 0.6 is 11.6 Å². The lowest BCUT2D eigenvalue weighted by Gasteiger charge is -2.28. The summed E-state index contributed by atoms with van der Waals surface area (Å²) in [4.78, 5) is 25.3. The molecule has 1 aliphatic heterocycles. The molecule has 1 aromatic carbocycles. The first-order valence-corrected chi connectivity index (χ1v) is 9.35. The van der Waals surface area contributed by atoms with Gasteiger partial charge in [0.05, 0.1) is 12.6 Å². The molecule has 1 unspecified atom stereocenters. The first-order chi connectivity index (χ1) is 13.1. The Hall–Kier alpha value is -2.53. The third kappa shape index (κ3) is 7.31. The van der Waals surface area contributed by atoms with E-state index in [0.717, 1.165) is 12.0 Å². The Labute approximate surface area is 164 Å². The molecule has 0 spiro atoms. The molecule has 144 valence electrons. The molecule has 0 saturated carbocycles. The smallest absolute Gasteiger partial charge is 0.414 e. The van der Waals surface area contributed by atoms with E-state index in [4.69, 9.17) is 21.1 Å². The largest absolute Gasteiger partial charge is 0.463 e. The third-order valence-corrected chi connectivity index (χ3v) is 4.18. The van der Waals surface area contributed by atoms with Gasteiger partial charge in [-0.3, -0.25) is 4.90 Å². The fourth-order valence-corrected chi connectivity index (χ4v) is 2.81. The van der Waals surface area contributed by atoms with E-state index in [1.807, 2.05) is 36.4 Å². The molecule has 1 heterocycles. The molecule has 27 heavy (non-hydrogen) atoms. The van der Waals surface area contributed by atoms with Crippen LogP contribution in [0.3, 0.4) is 0 Å². The summed E-state index contributed by atoms with van der Waals surface area (Å²) in [5.41, 5.74) is 0.932. The monoisotopic (exact) mass is 389 g/mol. The lowest BCUT2D eigenvalue weighted by molar-refractivity contribution is -0.137. The summed E-state index contributed by atoms with van der Waals surface area (Å²) in [6.45, 7) is 2.35. The maximum Gasteiger partial charge on any atom is 0.414 e. The molecule has 0 radical (unpaired) electrons. The SMILES string of the molecule is CCOC(=O)/C=C/CCCC1C=C(Cl)C=CN1C(=O)OCc1ccccc1. The minimum atomic E-state index is -0.414. The first-order valence-electron chi connectivity index (χ1n) is 8.98. The van der Waals surface area contributed by atoms with Crippen molar-refractivity contribution in [3.8, 4) is 0 Å². The van der Waals surface area contributed by atoms with Gasteiger partial charge in [-0.1, -0.05) is 48.0 Å². The Balaban J connectivity index is 1.84. The minimum absolute atomic E-state index is 0.179. The highest BCUT2D eigenvalue weighted by atomic mass is 35.5. The van der Waals surface area contributed by atoms with Crippen molar-refractivity contribution in [2.45, 2.75) is 38.8 Å². The highest BCUT2D eigenvalue weighted by Crippen LogP contribution is 2.22. The number of hydrogen-bond donors (Lipinski definition) is 0. The van der Waals surface area contributed by atoms with E-state index < -0.39 is 6.09 Å². The maximum absolute atomic E-state index is 12.4. The normalized spacial score (nSPS) is 16.3. The van der Waals surface area contributed by atoms with Crippen LogP contribution in [-0.4, -0.2) is 29.6 Å². The molecule has 0 aliphatic carbocycles. The van der Waals surface area contributed by atoms with Gasteiger partial charge in [0.2, 0.25) is 0 Å². The van der Waals surface area contributed by atoms with Gasteiger partial charge in [0.1, 0.15) is 6.61 Å². The fraction of sp³-hybridized carbons (Fsp3) is 0.333. The van der Waals surface area contributed by atoms with Crippen LogP contribution in [-0.2, 0) is 20.9 Å². The maximum atomic E-state index is 12.4. The number of halogens is 1. The van der Waals surface area contributed by atoms with E-state index in [1.165, 1.54) is 6.08 Å². The van der Waals surface area contributed by atoms with Crippen molar-refractivity contribution in [1.82, 2.24) is 4.90 Å². The van der Waals surface area contributed by atoms with Crippen LogP contribution in [0.25, 0.3) is 0 Å². The van der Waals surface area contributed by atoms with Crippen molar-refractivity contribution >= 4 is 23.7 Å². The van der Waals surface area contributed by atoms with E-state index in [9.17, 15) is 9.59 Å². The van der Waals surface area contributed by atoms with Crippen LogP contribution in [0.1, 0.15) is 31.7 Å². The van der Waals surface area contributed by atoms with Gasteiger partial charge in [-0.15, -0.1) is 0 Å². The molecule has 0 aromatic heterocycles. The van der Waals surface area contributed by atoms with Gasteiger partial charge >= 0.3 is 12.1 Å². The van der Waals surface area contributed by atoms with Gasteiger partial charge in [-0.25, -0.2) is 9.59 Å². The second kappa shape index (κ2) is 11.2. The number of ether oxygens (including phenoxy) is 2. The van der Waals surface area contributed by atoms with Crippen molar-refractivity contribution in [3.05, 3.63) is 71.4 Å². The first kappa shape index (κ1) is 20.8. The zero-order valence-corrected chi connectivity index (χ0v) is 16.1. The van der Waals surface area contributed by atoms with E-state index in [-0.39, 0.29) is 18.6 Å². The van der Waals surface area contributed by atoms with Crippen LogP contribution in [0.15, 0.2) is 65.9 Å². The highest BCUT2D eigenvalue weighted by molar-refractivity contribution is 6.31. The predicted molar refractivity (Wildman–Crippen MR) is 105 cm³/mol. The predicted octanol–water partition coefficient (Wildman–Crippen LogP) is 4.93. The van der Waals surface area contributed by atoms with Gasteiger partial charge < -0.3 is 9.47 Å². The third-order valence-electron chi connectivity index (χ3n) is 3.93. The van der Waals surface area contributed by atoms with Gasteiger partial charge in [-0.05, 0) is 43.9 Å². The molecule has 6 heteroatoms. The Kier molecular flexibility index (Phi) is 8.65. The molecule has 1 aromatic rings. The number of rotatable bonds is 8. The quantitative estimate of drug-likeness (QED) is 0.359. The number of nitrogens with zero attached hydrogens (tertiary/aromatic N) is 1. The Morgan fingerprint density at radius 2 is 2.00 bits per heavy atom. The van der Waals surface area contributed by atoms with Crippen molar-refractivity contribution in [2.75, 3.05) is 6.61 Å². The molecular formula is C21H24ClNO4. The highest BCUT2D eigenvalue weighted by Gasteiger charge is 2.23. The number of allylic oxidation sites excluding steroid dienone is 3. The fourth-order valence-electron chi connectivity index (χ4n) is 2.61. The van der Waals surface area contributed by atoms with Crippen LogP contribution < -0.4 is 0 Å². The van der Waals surface area contributed by atoms with Crippen LogP contribution in [0.2, 0.25) is 0 Å². The zero-order chi connectivity index (χ0) is 19.5. The van der Waals surface area contributed by atoms with E-state index in [2.05, 4.69) is 0 Å². The molecule has 0 fully saturated rings. The number of carbonyl (C=O) groups is 2. The van der Waals surface area contributed by atoms with E-state index >= 15 is 0 Å². The average molecular weight is 390 g/mol. The van der Waals surface area contributed by atoms with E-state index in [0.29, 0.717) is 24.5 Å². The van der Waals surface area contributed by atoms with Crippen molar-refractivity contribution in [2.24, 2.45) is 0 Å². The summed E-state index contributed by atoms with van der Waals surface area (Å²) in [5.74, 6) is -0.341. The lowest BCUT2D eigenvalue weighted by Crippen LogP contribution is -2.36. The topological polar surface area (TPSA) is 55.8 Å². The minimum Gasteiger partial charge on any atom is -0.463 e. The molecule has 0 N–H and O–H groups in total. The number of esters is 1. The standard InChI is InChI=1S/C21H24ClNO4/c1-2-26-20(24)12-8-4-7-11-19-15-18(22)13-14-23(19)21(25)27-16-17-9-5-3-6-10-17/h3,5-6,8-10,12-15,19H,2,4,7,11,16H2,1H3/b12-8+. The summed E-state index contributed by atoms with van der Waals surface area (Å²) < 4.78 is 10.2. The van der Waals surface area contributed by atoms with Crippen LogP contribution in [0.5, 0.6) is 0 Å². The summed E-state index contributed by atoms with van der Waals surface area (Å²) in [6, 6.07) is 9.35. The number of unbranched alkanes of at least 4 members (excludes halogenated alkanes) is 1. The number of benzene rings is 1. The van der Waals surface area contributed by atoms with Crippen LogP contribution in [0.4, 0.5) is 4.79 Å². The molecule has 0 bridgehead atoms. The number of carbonyl (C=O) groups excluding carboxylic acids is 2. The van der Waals surface area contributed by atoms with E-state index in [1.54, 1.807) is 30.2 Å². The van der Waals surface area contributed by atoms with Crippen molar-refractivity contribution < 1.29 is 19.1 Å². The van der Waals surface area contributed by atoms with Crippen molar-refractivity contribution in [3.63, 3.8) is 0 Å². The van der Waals surface area contributed by atoms with Crippen LogP contribution in [0, 0.1) is 0 Å². The second-order valence-corrected chi connectivity index (χ2v) is 6.40. The molecule has 2 rings (SSSR count). The zero-order valence-electron chi connectivity index (χ0n) is 15.3. The summed E-state index contributed by atoms with van der Waals surface area (Å²) in [7, 11) is 0. The molecular weight excluding hydrogens is 366 g/mol. The Bertz CT molecular complexity index is 712. The van der Waals surface area contributed by atoms with Gasteiger partial charge in [0.25, 0.3) is 0 Å². The van der Waals surface area contributed by atoms with Crippen molar-refractivity contribution in [1.29, 1.82) is 0 Å². The second-order valence-electron chi connectivity index (χ2n) is 5.97. The van der Waals surface area contributed by atoms with Gasteiger partial charge in [0, 0.05) is 17.3 Å². The number of hydrogen-bond acceptors (Lipinski definition) is 4.